The van der Waals surface area contributed by atoms with Gasteiger partial charge in [0.15, 0.2) is 0 Å². The van der Waals surface area contributed by atoms with Gasteiger partial charge in [0.1, 0.15) is 0 Å². The van der Waals surface area contributed by atoms with Crippen LogP contribution in [0.2, 0.25) is 0 Å². The number of hydrogen-bond donors (Lipinski definition) is 0. The fraction of sp³-hybridized carbons (Fsp3) is 1.00. The van der Waals surface area contributed by atoms with E-state index in [4.69, 9.17) is 0 Å². The molecule has 0 aromatic heterocycles. The Kier molecular flexibility index (Phi) is 26.1. The molecule has 5 heteroatoms. The first-order valence-electron chi connectivity index (χ1n) is 6.54. The van der Waals surface area contributed by atoms with Crippen LogP contribution in [0.25, 0.3) is 0 Å². The van der Waals surface area contributed by atoms with Crippen molar-refractivity contribution in [1.82, 2.24) is 8.61 Å². The van der Waals surface area contributed by atoms with Gasteiger partial charge in [-0.05, 0) is 0 Å². The van der Waals surface area contributed by atoms with Gasteiger partial charge in [-0.1, -0.05) is 54.4 Å². The van der Waals surface area contributed by atoms with Crippen LogP contribution < -0.4 is 0 Å². The van der Waals surface area contributed by atoms with Crippen LogP contribution in [-0.2, 0) is 0 Å². The minimum Gasteiger partial charge on any atom is -0.241 e. The highest BCUT2D eigenvalue weighted by Gasteiger charge is 2.04. The van der Waals surface area contributed by atoms with Crippen molar-refractivity contribution in [2.45, 2.75) is 54.4 Å². The number of halogens is 1. The summed E-state index contributed by atoms with van der Waals surface area (Å²) in [6.45, 7) is 17.6. The van der Waals surface area contributed by atoms with Gasteiger partial charge in [-0.3, -0.25) is 0 Å². The van der Waals surface area contributed by atoms with Crippen LogP contribution in [-0.4, -0.2) is 34.8 Å². The van der Waals surface area contributed by atoms with Crippen LogP contribution in [0.5, 0.6) is 0 Å². The van der Waals surface area contributed by atoms with E-state index in [2.05, 4.69) is 50.2 Å². The van der Waals surface area contributed by atoms with E-state index >= 15 is 0 Å². The lowest BCUT2D eigenvalue weighted by molar-refractivity contribution is 0.519. The van der Waals surface area contributed by atoms with Gasteiger partial charge in [0, 0.05) is 48.1 Å². The van der Waals surface area contributed by atoms with Crippen molar-refractivity contribution in [2.75, 3.05) is 26.2 Å². The summed E-state index contributed by atoms with van der Waals surface area (Å²) in [6.07, 6.45) is 2.64. The fourth-order valence-electron chi connectivity index (χ4n) is 0.752. The summed E-state index contributed by atoms with van der Waals surface area (Å²) in [4.78, 5) is 0. The smallest absolute Gasteiger partial charge is 0.00837 e. The van der Waals surface area contributed by atoms with E-state index in [-0.39, 0.29) is 12.4 Å². The van der Waals surface area contributed by atoms with Crippen molar-refractivity contribution >= 4 is 34.4 Å². The Bertz CT molecular complexity index is 107. The van der Waals surface area contributed by atoms with Gasteiger partial charge in [-0.15, -0.1) is 12.4 Å². The molecule has 0 aromatic rings. The second kappa shape index (κ2) is 19.3. The number of rotatable bonds is 8. The van der Waals surface area contributed by atoms with Gasteiger partial charge < -0.3 is 0 Å². The number of unbranched alkanes of at least 4 members (excludes halogenated alkanes) is 1. The summed E-state index contributed by atoms with van der Waals surface area (Å²) in [5, 5.41) is 0. The third kappa shape index (κ3) is 16.9. The zero-order valence-corrected chi connectivity index (χ0v) is 14.8. The molecule has 0 radical (unpaired) electrons. The van der Waals surface area contributed by atoms with Crippen LogP contribution in [0.3, 0.4) is 0 Å². The van der Waals surface area contributed by atoms with Crippen molar-refractivity contribution in [3.8, 4) is 0 Å². The zero-order valence-electron chi connectivity index (χ0n) is 12.4. The first-order valence-corrected chi connectivity index (χ1v) is 8.60. The molecule has 0 bridgehead atoms. The van der Waals surface area contributed by atoms with Crippen molar-refractivity contribution in [3.63, 3.8) is 0 Å². The zero-order chi connectivity index (χ0) is 12.8. The quantitative estimate of drug-likeness (QED) is 0.454. The maximum absolute atomic E-state index is 2.35. The topological polar surface area (TPSA) is 6.48 Å². The first-order chi connectivity index (χ1) is 7.69. The van der Waals surface area contributed by atoms with Gasteiger partial charge in [0.25, 0.3) is 0 Å². The summed E-state index contributed by atoms with van der Waals surface area (Å²) in [6, 6.07) is 0. The Labute approximate surface area is 123 Å². The highest BCUT2D eigenvalue weighted by Crippen LogP contribution is 2.28. The first kappa shape index (κ1) is 23.0. The van der Waals surface area contributed by atoms with Gasteiger partial charge in [-0.2, -0.15) is 0 Å². The van der Waals surface area contributed by atoms with E-state index in [1.807, 2.05) is 22.0 Å². The Morgan fingerprint density at radius 1 is 0.588 bits per heavy atom. The average Bonchev–Trinajstić information content (AvgIpc) is 2.35. The van der Waals surface area contributed by atoms with Crippen LogP contribution in [0.15, 0.2) is 0 Å². The second-order valence-corrected chi connectivity index (χ2v) is 5.60. The largest absolute Gasteiger partial charge is 0.241 e. The SMILES string of the molecule is CCCC.CCN(CC)SSN(CC)CC.Cl. The highest BCUT2D eigenvalue weighted by atomic mass is 35.5. The van der Waals surface area contributed by atoms with E-state index in [1.165, 1.54) is 12.8 Å². The molecule has 0 amide bonds. The van der Waals surface area contributed by atoms with Crippen molar-refractivity contribution in [3.05, 3.63) is 0 Å². The van der Waals surface area contributed by atoms with E-state index < -0.39 is 0 Å². The molecule has 108 valence electrons. The van der Waals surface area contributed by atoms with Crippen molar-refractivity contribution in [2.24, 2.45) is 0 Å². The molecule has 0 aliphatic carbocycles. The maximum Gasteiger partial charge on any atom is 0.00837 e. The second-order valence-electron chi connectivity index (χ2n) is 3.38. The Hall–Kier alpha value is 0.910. The van der Waals surface area contributed by atoms with Gasteiger partial charge in [-0.25, -0.2) is 8.61 Å². The van der Waals surface area contributed by atoms with Gasteiger partial charge >= 0.3 is 0 Å². The molecule has 0 atom stereocenters. The molecule has 0 saturated carbocycles. The normalized spacial score (nSPS) is 9.88. The Morgan fingerprint density at radius 3 is 0.941 bits per heavy atom. The maximum atomic E-state index is 2.35. The van der Waals surface area contributed by atoms with Crippen LogP contribution >= 0.6 is 34.4 Å². The van der Waals surface area contributed by atoms with E-state index in [1.54, 1.807) is 0 Å². The lowest BCUT2D eigenvalue weighted by atomic mass is 10.4. The Morgan fingerprint density at radius 2 is 0.824 bits per heavy atom. The predicted octanol–water partition coefficient (Wildman–Crippen LogP) is 5.11. The lowest BCUT2D eigenvalue weighted by Gasteiger charge is -2.21. The minimum atomic E-state index is 0. The van der Waals surface area contributed by atoms with Crippen LogP contribution in [0, 0.1) is 0 Å². The molecule has 0 spiro atoms. The standard InChI is InChI=1S/C8H20N2S2.C4H10.ClH/c1-5-9(6-2)11-12-10(7-3)8-4;1-3-4-2;/h5-8H2,1-4H3;3-4H2,1-2H3;1H. The van der Waals surface area contributed by atoms with E-state index in [0.717, 1.165) is 26.2 Å². The van der Waals surface area contributed by atoms with Crippen LogP contribution in [0.1, 0.15) is 54.4 Å². The summed E-state index contributed by atoms with van der Waals surface area (Å²) in [5.74, 6) is 0. The van der Waals surface area contributed by atoms with Crippen LogP contribution in [0.4, 0.5) is 0 Å². The lowest BCUT2D eigenvalue weighted by Crippen LogP contribution is -2.17. The average molecular weight is 303 g/mol. The molecule has 0 aliphatic rings. The molecule has 0 aliphatic heterocycles. The molecule has 0 saturated heterocycles. The molecular weight excluding hydrogens is 272 g/mol. The molecule has 0 unspecified atom stereocenters. The molecule has 0 N–H and O–H groups in total. The fourth-order valence-corrected chi connectivity index (χ4v) is 3.19. The van der Waals surface area contributed by atoms with Gasteiger partial charge in [0.2, 0.25) is 0 Å². The molecule has 2 nitrogen and oxygen atoms in total. The molecule has 0 fully saturated rings. The van der Waals surface area contributed by atoms with Crippen molar-refractivity contribution < 1.29 is 0 Å². The molecule has 0 heterocycles. The summed E-state index contributed by atoms with van der Waals surface area (Å²) >= 11 is 0. The monoisotopic (exact) mass is 302 g/mol. The summed E-state index contributed by atoms with van der Waals surface area (Å²) < 4.78 is 4.70. The van der Waals surface area contributed by atoms with Crippen molar-refractivity contribution in [1.29, 1.82) is 0 Å². The van der Waals surface area contributed by atoms with Gasteiger partial charge in [0.05, 0.1) is 0 Å². The molecule has 0 aromatic carbocycles. The predicted molar refractivity (Wildman–Crippen MR) is 88.9 cm³/mol. The molecular formula is C12H31ClN2S2. The number of hydrogen-bond acceptors (Lipinski definition) is 4. The molecule has 0 rings (SSSR count). The molecule has 17 heavy (non-hydrogen) atoms. The summed E-state index contributed by atoms with van der Waals surface area (Å²) in [7, 11) is 3.71. The third-order valence-corrected chi connectivity index (χ3v) is 5.14. The number of nitrogens with zero attached hydrogens (tertiary/aromatic N) is 2. The van der Waals surface area contributed by atoms with E-state index in [0.29, 0.717) is 0 Å². The third-order valence-electron chi connectivity index (χ3n) is 2.15. The summed E-state index contributed by atoms with van der Waals surface area (Å²) in [5.41, 5.74) is 0. The van der Waals surface area contributed by atoms with E-state index in [9.17, 15) is 0 Å². The minimum absolute atomic E-state index is 0. The highest BCUT2D eigenvalue weighted by molar-refractivity contribution is 8.74. The Balaban J connectivity index is -0.000000340.